The summed E-state index contributed by atoms with van der Waals surface area (Å²) in [6, 6.07) is 9.70. The summed E-state index contributed by atoms with van der Waals surface area (Å²) in [6.45, 7) is 6.24. The van der Waals surface area contributed by atoms with E-state index >= 15 is 0 Å². The van der Waals surface area contributed by atoms with Crippen molar-refractivity contribution in [2.75, 3.05) is 7.05 Å². The Bertz CT molecular complexity index is 905. The normalized spacial score (nSPS) is 12.0. The zero-order chi connectivity index (χ0) is 19.4. The van der Waals surface area contributed by atoms with Crippen molar-refractivity contribution in [3.8, 4) is 16.5 Å². The number of amides is 1. The first-order valence-corrected chi connectivity index (χ1v) is 9.71. The second-order valence-electron chi connectivity index (χ2n) is 6.44. The number of rotatable bonds is 7. The minimum atomic E-state index is -0.559. The molecule has 0 saturated heterocycles. The van der Waals surface area contributed by atoms with Gasteiger partial charge in [0.25, 0.3) is 5.91 Å². The zero-order valence-electron chi connectivity index (χ0n) is 15.9. The summed E-state index contributed by atoms with van der Waals surface area (Å²) < 4.78 is 11.2. The molecule has 0 aliphatic carbocycles. The third kappa shape index (κ3) is 4.54. The Morgan fingerprint density at radius 3 is 2.78 bits per heavy atom. The van der Waals surface area contributed by atoms with Crippen LogP contribution in [0.5, 0.6) is 5.75 Å². The van der Waals surface area contributed by atoms with Gasteiger partial charge in [-0.1, -0.05) is 24.2 Å². The van der Waals surface area contributed by atoms with E-state index in [-0.39, 0.29) is 12.5 Å². The zero-order valence-corrected chi connectivity index (χ0v) is 16.7. The molecular formula is C20H23N3O3S. The molecule has 0 unspecified atom stereocenters. The SMILES string of the molecule is CC[C@H](Oc1ccc(C)c(C)c1)C(=O)N(C)Cc1nc(-c2cccs2)no1. The standard InChI is InChI=1S/C20H23N3O3S/c1-5-16(25-15-9-8-13(2)14(3)11-15)20(24)23(4)12-18-21-19(22-26-18)17-7-6-10-27-17/h6-11,16H,5,12H2,1-4H3/t16-/m0/s1. The molecule has 0 fully saturated rings. The van der Waals surface area contributed by atoms with Gasteiger partial charge in [0.2, 0.25) is 11.7 Å². The first-order chi connectivity index (χ1) is 13.0. The first kappa shape index (κ1) is 19.1. The maximum Gasteiger partial charge on any atom is 0.263 e. The molecule has 1 atom stereocenters. The molecule has 0 spiro atoms. The van der Waals surface area contributed by atoms with Crippen molar-refractivity contribution in [2.45, 2.75) is 39.8 Å². The smallest absolute Gasteiger partial charge is 0.263 e. The van der Waals surface area contributed by atoms with Crippen molar-refractivity contribution in [3.05, 3.63) is 52.7 Å². The van der Waals surface area contributed by atoms with Crippen molar-refractivity contribution < 1.29 is 14.1 Å². The molecule has 7 heteroatoms. The monoisotopic (exact) mass is 385 g/mol. The molecule has 142 valence electrons. The van der Waals surface area contributed by atoms with E-state index in [0.717, 1.165) is 10.4 Å². The summed E-state index contributed by atoms with van der Waals surface area (Å²) in [6.07, 6.45) is 0.0113. The number of ether oxygens (including phenoxy) is 1. The summed E-state index contributed by atoms with van der Waals surface area (Å²) in [5.74, 6) is 1.52. The van der Waals surface area contributed by atoms with Gasteiger partial charge in [0.15, 0.2) is 6.10 Å². The highest BCUT2D eigenvalue weighted by atomic mass is 32.1. The number of benzene rings is 1. The molecule has 1 amide bonds. The fourth-order valence-corrected chi connectivity index (χ4v) is 3.26. The van der Waals surface area contributed by atoms with E-state index in [0.29, 0.717) is 23.9 Å². The maximum atomic E-state index is 12.8. The van der Waals surface area contributed by atoms with Gasteiger partial charge in [0.05, 0.1) is 11.4 Å². The highest BCUT2D eigenvalue weighted by Crippen LogP contribution is 2.22. The highest BCUT2D eigenvalue weighted by Gasteiger charge is 2.24. The van der Waals surface area contributed by atoms with Crippen molar-refractivity contribution in [1.82, 2.24) is 15.0 Å². The largest absolute Gasteiger partial charge is 0.481 e. The molecule has 0 N–H and O–H groups in total. The minimum Gasteiger partial charge on any atom is -0.481 e. The van der Waals surface area contributed by atoms with Gasteiger partial charge in [-0.3, -0.25) is 4.79 Å². The van der Waals surface area contributed by atoms with E-state index in [4.69, 9.17) is 9.26 Å². The van der Waals surface area contributed by atoms with Gasteiger partial charge in [-0.25, -0.2) is 0 Å². The lowest BCUT2D eigenvalue weighted by atomic mass is 10.1. The average Bonchev–Trinajstić information content (AvgIpc) is 3.33. The Balaban J connectivity index is 1.65. The Kier molecular flexibility index (Phi) is 5.91. The maximum absolute atomic E-state index is 12.8. The van der Waals surface area contributed by atoms with Crippen molar-refractivity contribution in [1.29, 1.82) is 0 Å². The van der Waals surface area contributed by atoms with Gasteiger partial charge in [-0.15, -0.1) is 11.3 Å². The molecule has 3 aromatic rings. The molecule has 2 heterocycles. The number of carbonyl (C=O) groups excluding carboxylic acids is 1. The third-order valence-electron chi connectivity index (χ3n) is 4.36. The van der Waals surface area contributed by atoms with Crippen LogP contribution in [0.1, 0.15) is 30.4 Å². The number of aryl methyl sites for hydroxylation is 2. The summed E-state index contributed by atoms with van der Waals surface area (Å²) in [7, 11) is 1.71. The number of nitrogens with zero attached hydrogens (tertiary/aromatic N) is 3. The second-order valence-corrected chi connectivity index (χ2v) is 7.39. The van der Waals surface area contributed by atoms with E-state index in [9.17, 15) is 4.79 Å². The number of hydrogen-bond donors (Lipinski definition) is 0. The first-order valence-electron chi connectivity index (χ1n) is 8.83. The Labute approximate surface area is 162 Å². The lowest BCUT2D eigenvalue weighted by Crippen LogP contribution is -2.39. The van der Waals surface area contributed by atoms with Crippen LogP contribution >= 0.6 is 11.3 Å². The van der Waals surface area contributed by atoms with E-state index < -0.39 is 6.10 Å². The van der Waals surface area contributed by atoms with Crippen LogP contribution < -0.4 is 4.74 Å². The molecular weight excluding hydrogens is 362 g/mol. The van der Waals surface area contributed by atoms with Gasteiger partial charge in [0, 0.05) is 7.05 Å². The van der Waals surface area contributed by atoms with Crippen molar-refractivity contribution in [2.24, 2.45) is 0 Å². The number of aromatic nitrogens is 2. The van der Waals surface area contributed by atoms with E-state index in [1.165, 1.54) is 5.56 Å². The van der Waals surface area contributed by atoms with Crippen LogP contribution in [0.3, 0.4) is 0 Å². The molecule has 0 aliphatic heterocycles. The van der Waals surface area contributed by atoms with Crippen LogP contribution in [0.25, 0.3) is 10.7 Å². The van der Waals surface area contributed by atoms with Crippen LogP contribution in [0, 0.1) is 13.8 Å². The van der Waals surface area contributed by atoms with Crippen LogP contribution in [0.2, 0.25) is 0 Å². The molecule has 0 aliphatic rings. The summed E-state index contributed by atoms with van der Waals surface area (Å²) in [4.78, 5) is 19.6. The Hall–Kier alpha value is -2.67. The van der Waals surface area contributed by atoms with E-state index in [1.807, 2.05) is 56.5 Å². The fraction of sp³-hybridized carbons (Fsp3) is 0.350. The van der Waals surface area contributed by atoms with Gasteiger partial charge in [-0.05, 0) is 55.0 Å². The van der Waals surface area contributed by atoms with Crippen LogP contribution in [0.4, 0.5) is 0 Å². The molecule has 0 bridgehead atoms. The lowest BCUT2D eigenvalue weighted by molar-refractivity contribution is -0.138. The third-order valence-corrected chi connectivity index (χ3v) is 5.23. The summed E-state index contributed by atoms with van der Waals surface area (Å²) in [5.41, 5.74) is 2.33. The molecule has 1 aromatic carbocycles. The lowest BCUT2D eigenvalue weighted by Gasteiger charge is -2.23. The topological polar surface area (TPSA) is 68.5 Å². The van der Waals surface area contributed by atoms with Crippen molar-refractivity contribution in [3.63, 3.8) is 0 Å². The molecule has 6 nitrogen and oxygen atoms in total. The average molecular weight is 385 g/mol. The minimum absolute atomic E-state index is 0.119. The molecule has 0 saturated carbocycles. The van der Waals surface area contributed by atoms with Gasteiger partial charge in [-0.2, -0.15) is 4.98 Å². The highest BCUT2D eigenvalue weighted by molar-refractivity contribution is 7.13. The summed E-state index contributed by atoms with van der Waals surface area (Å²) >= 11 is 1.54. The Morgan fingerprint density at radius 1 is 1.30 bits per heavy atom. The number of thiophene rings is 1. The van der Waals surface area contributed by atoms with E-state index in [2.05, 4.69) is 10.1 Å². The summed E-state index contributed by atoms with van der Waals surface area (Å²) in [5, 5.41) is 5.93. The van der Waals surface area contributed by atoms with E-state index in [1.54, 1.807) is 23.3 Å². The molecule has 27 heavy (non-hydrogen) atoms. The fourth-order valence-electron chi connectivity index (χ4n) is 2.61. The number of carbonyl (C=O) groups is 1. The van der Waals surface area contributed by atoms with Crippen LogP contribution in [-0.4, -0.2) is 34.1 Å². The van der Waals surface area contributed by atoms with Crippen LogP contribution in [0.15, 0.2) is 40.2 Å². The quantitative estimate of drug-likeness (QED) is 0.609. The van der Waals surface area contributed by atoms with Gasteiger partial charge >= 0.3 is 0 Å². The predicted molar refractivity (Wildman–Crippen MR) is 105 cm³/mol. The van der Waals surface area contributed by atoms with Crippen LogP contribution in [-0.2, 0) is 11.3 Å². The van der Waals surface area contributed by atoms with Gasteiger partial charge in [0.1, 0.15) is 5.75 Å². The number of likely N-dealkylation sites (N-methyl/N-ethyl adjacent to an activating group) is 1. The van der Waals surface area contributed by atoms with Gasteiger partial charge < -0.3 is 14.2 Å². The molecule has 3 rings (SSSR count). The molecule has 2 aromatic heterocycles. The number of hydrogen-bond acceptors (Lipinski definition) is 6. The predicted octanol–water partition coefficient (Wildman–Crippen LogP) is 4.23. The Morgan fingerprint density at radius 2 is 2.11 bits per heavy atom. The second kappa shape index (κ2) is 8.35. The van der Waals surface area contributed by atoms with Crippen molar-refractivity contribution >= 4 is 17.2 Å². The molecule has 0 radical (unpaired) electrons.